The molecule has 0 saturated heterocycles. The van der Waals surface area contributed by atoms with E-state index < -0.39 is 23.0 Å². The standard InChI is InChI=1S/C26H20N4O4/c31-23-12-21(24(32)26(34)25(23)33)20-10-19-9-17-4-3-15(28-17)7-13-1-2-14(27-13)8-16-5-6-18(29-16)11-22(20)30-19/h1-2,5-12,27,30-34H,3-4H2. The number of phenols is 4. The topological polar surface area (TPSA) is 138 Å². The van der Waals surface area contributed by atoms with Gasteiger partial charge in [0.25, 0.3) is 0 Å². The molecule has 0 atom stereocenters. The highest BCUT2D eigenvalue weighted by atomic mass is 16.3. The minimum Gasteiger partial charge on any atom is -0.504 e. The summed E-state index contributed by atoms with van der Waals surface area (Å²) in [5.41, 5.74) is 7.29. The van der Waals surface area contributed by atoms with Crippen LogP contribution in [0.1, 0.15) is 22.8 Å². The van der Waals surface area contributed by atoms with E-state index in [1.54, 1.807) is 6.07 Å². The first-order valence-electron chi connectivity index (χ1n) is 10.8. The zero-order chi connectivity index (χ0) is 23.4. The van der Waals surface area contributed by atoms with Crippen LogP contribution < -0.4 is 0 Å². The SMILES string of the molecule is Oc1cc(-c2cc3cc4nc(cc5ccc(cc6nc(cc2[nH]3)C=C6)[nH]5)CC4)c(O)c(O)c1O. The van der Waals surface area contributed by atoms with Crippen LogP contribution in [0.3, 0.4) is 0 Å². The molecule has 0 amide bonds. The van der Waals surface area contributed by atoms with E-state index in [-0.39, 0.29) is 5.56 Å². The van der Waals surface area contributed by atoms with Gasteiger partial charge in [-0.25, -0.2) is 4.98 Å². The number of aromatic amines is 2. The van der Waals surface area contributed by atoms with E-state index in [0.717, 1.165) is 46.5 Å². The molecule has 0 saturated carbocycles. The van der Waals surface area contributed by atoms with E-state index in [4.69, 9.17) is 4.98 Å². The van der Waals surface area contributed by atoms with E-state index in [2.05, 4.69) is 15.0 Å². The van der Waals surface area contributed by atoms with Crippen LogP contribution in [0.5, 0.6) is 23.0 Å². The van der Waals surface area contributed by atoms with Crippen LogP contribution >= 0.6 is 0 Å². The van der Waals surface area contributed by atoms with Crippen LogP contribution in [0, 0.1) is 0 Å². The number of hydrogen-bond acceptors (Lipinski definition) is 6. The maximum absolute atomic E-state index is 10.5. The van der Waals surface area contributed by atoms with Gasteiger partial charge in [-0.1, -0.05) is 0 Å². The normalized spacial score (nSPS) is 12.8. The minimum absolute atomic E-state index is 0.166. The Morgan fingerprint density at radius 2 is 1.26 bits per heavy atom. The summed E-state index contributed by atoms with van der Waals surface area (Å²) in [5.74, 6) is -2.62. The van der Waals surface area contributed by atoms with Crippen molar-refractivity contribution in [2.75, 3.05) is 0 Å². The molecule has 8 heteroatoms. The fourth-order valence-electron chi connectivity index (χ4n) is 4.33. The average molecular weight is 452 g/mol. The van der Waals surface area contributed by atoms with Crippen molar-refractivity contribution in [3.8, 4) is 34.1 Å². The summed E-state index contributed by atoms with van der Waals surface area (Å²) >= 11 is 0. The van der Waals surface area contributed by atoms with E-state index in [1.165, 1.54) is 6.07 Å². The Bertz CT molecular complexity index is 1660. The number of aromatic hydroxyl groups is 4. The molecule has 3 aromatic heterocycles. The molecule has 34 heavy (non-hydrogen) atoms. The second-order valence-corrected chi connectivity index (χ2v) is 8.38. The monoisotopic (exact) mass is 452 g/mol. The molecular weight excluding hydrogens is 432 g/mol. The van der Waals surface area contributed by atoms with Crippen LogP contribution in [0.4, 0.5) is 0 Å². The Kier molecular flexibility index (Phi) is 4.35. The third-order valence-corrected chi connectivity index (χ3v) is 5.97. The van der Waals surface area contributed by atoms with Crippen molar-refractivity contribution in [3.63, 3.8) is 0 Å². The van der Waals surface area contributed by atoms with E-state index >= 15 is 0 Å². The Hall–Kier alpha value is -4.72. The predicted molar refractivity (Wildman–Crippen MR) is 129 cm³/mol. The molecule has 6 N–H and O–H groups in total. The molecule has 4 aromatic rings. The third-order valence-electron chi connectivity index (χ3n) is 5.97. The molecule has 0 unspecified atom stereocenters. The van der Waals surface area contributed by atoms with Gasteiger partial charge in [0.15, 0.2) is 11.5 Å². The van der Waals surface area contributed by atoms with Crippen LogP contribution in [0.2, 0.25) is 0 Å². The van der Waals surface area contributed by atoms with Crippen molar-refractivity contribution in [3.05, 3.63) is 71.3 Å². The molecule has 5 heterocycles. The number of aryl methyl sites for hydroxylation is 2. The summed E-state index contributed by atoms with van der Waals surface area (Å²) in [6.07, 6.45) is 5.39. The predicted octanol–water partition coefficient (Wildman–Crippen LogP) is 4.76. The highest BCUT2D eigenvalue weighted by Gasteiger charge is 2.19. The number of benzene rings is 1. The Labute approximate surface area is 193 Å². The van der Waals surface area contributed by atoms with Gasteiger partial charge >= 0.3 is 0 Å². The van der Waals surface area contributed by atoms with Gasteiger partial charge < -0.3 is 30.4 Å². The minimum atomic E-state index is -0.783. The second kappa shape index (κ2) is 7.41. The first-order chi connectivity index (χ1) is 16.4. The molecule has 0 fully saturated rings. The molecule has 8 bridgehead atoms. The quantitative estimate of drug-likeness (QED) is 0.160. The van der Waals surface area contributed by atoms with Gasteiger partial charge in [-0.2, -0.15) is 0 Å². The van der Waals surface area contributed by atoms with Crippen molar-refractivity contribution < 1.29 is 20.4 Å². The highest BCUT2D eigenvalue weighted by molar-refractivity contribution is 5.91. The molecule has 1 aromatic carbocycles. The van der Waals surface area contributed by atoms with Crippen LogP contribution in [-0.4, -0.2) is 40.4 Å². The fourth-order valence-corrected chi connectivity index (χ4v) is 4.33. The summed E-state index contributed by atoms with van der Waals surface area (Å²) in [6, 6.07) is 14.8. The number of nitrogens with one attached hydrogen (secondary N) is 2. The number of nitrogens with zero attached hydrogens (tertiary/aromatic N) is 2. The zero-order valence-corrected chi connectivity index (χ0v) is 17.9. The van der Waals surface area contributed by atoms with Crippen molar-refractivity contribution >= 4 is 34.2 Å². The molecule has 8 nitrogen and oxygen atoms in total. The van der Waals surface area contributed by atoms with Gasteiger partial charge in [-0.3, -0.25) is 4.98 Å². The number of hydrogen-bond donors (Lipinski definition) is 6. The number of fused-ring (bicyclic) bond motifs is 8. The molecule has 0 radical (unpaired) electrons. The lowest BCUT2D eigenvalue weighted by Gasteiger charge is -2.08. The highest BCUT2D eigenvalue weighted by Crippen LogP contribution is 2.48. The van der Waals surface area contributed by atoms with Crippen LogP contribution in [0.25, 0.3) is 45.3 Å². The Morgan fingerprint density at radius 1 is 0.588 bits per heavy atom. The molecule has 2 aliphatic rings. The van der Waals surface area contributed by atoms with Crippen molar-refractivity contribution in [2.45, 2.75) is 12.8 Å². The lowest BCUT2D eigenvalue weighted by Crippen LogP contribution is -1.81. The molecule has 0 aliphatic carbocycles. The number of aromatic nitrogens is 4. The zero-order valence-electron chi connectivity index (χ0n) is 17.9. The lowest BCUT2D eigenvalue weighted by atomic mass is 10.0. The summed E-state index contributed by atoms with van der Waals surface area (Å²) in [7, 11) is 0. The molecule has 168 valence electrons. The fraction of sp³-hybridized carbons (Fsp3) is 0.0769. The molecular formula is C26H20N4O4. The third kappa shape index (κ3) is 3.41. The molecule has 0 spiro atoms. The van der Waals surface area contributed by atoms with E-state index in [9.17, 15) is 20.4 Å². The first kappa shape index (κ1) is 19.9. The van der Waals surface area contributed by atoms with Gasteiger partial charge in [-0.05, 0) is 73.5 Å². The smallest absolute Gasteiger partial charge is 0.204 e. The van der Waals surface area contributed by atoms with Gasteiger partial charge in [-0.15, -0.1) is 0 Å². The van der Waals surface area contributed by atoms with Gasteiger partial charge in [0.2, 0.25) is 11.5 Å². The summed E-state index contributed by atoms with van der Waals surface area (Å²) in [5, 5.41) is 40.4. The van der Waals surface area contributed by atoms with Crippen molar-refractivity contribution in [1.82, 2.24) is 19.9 Å². The van der Waals surface area contributed by atoms with E-state index in [0.29, 0.717) is 16.8 Å². The average Bonchev–Trinajstić information content (AvgIpc) is 3.60. The lowest BCUT2D eigenvalue weighted by molar-refractivity contribution is 0.347. The van der Waals surface area contributed by atoms with Crippen LogP contribution in [0.15, 0.2) is 48.5 Å². The number of H-pyrrole nitrogens is 2. The Balaban J connectivity index is 1.68. The number of rotatable bonds is 1. The van der Waals surface area contributed by atoms with Crippen molar-refractivity contribution in [2.24, 2.45) is 0 Å². The first-order valence-corrected chi connectivity index (χ1v) is 10.8. The van der Waals surface area contributed by atoms with Gasteiger partial charge in [0.1, 0.15) is 0 Å². The van der Waals surface area contributed by atoms with Gasteiger partial charge in [0, 0.05) is 44.6 Å². The number of phenolic OH excluding ortho intramolecular Hbond substituents is 4. The summed E-state index contributed by atoms with van der Waals surface area (Å²) < 4.78 is 0. The Morgan fingerprint density at radius 3 is 2.03 bits per heavy atom. The second-order valence-electron chi connectivity index (χ2n) is 8.38. The summed E-state index contributed by atoms with van der Waals surface area (Å²) in [6.45, 7) is 0. The molecule has 6 rings (SSSR count). The maximum atomic E-state index is 10.5. The van der Waals surface area contributed by atoms with Crippen molar-refractivity contribution in [1.29, 1.82) is 0 Å². The summed E-state index contributed by atoms with van der Waals surface area (Å²) in [4.78, 5) is 16.1. The van der Waals surface area contributed by atoms with Crippen LogP contribution in [-0.2, 0) is 12.8 Å². The molecule has 2 aliphatic heterocycles. The van der Waals surface area contributed by atoms with E-state index in [1.807, 2.05) is 48.6 Å². The maximum Gasteiger partial charge on any atom is 0.204 e. The van der Waals surface area contributed by atoms with Gasteiger partial charge in [0.05, 0.1) is 11.4 Å². The largest absolute Gasteiger partial charge is 0.504 e.